The molecule has 0 heterocycles. The molecule has 0 bridgehead atoms. The minimum absolute atomic E-state index is 0.104. The number of carbonyl (C=O) groups excluding carboxylic acids is 1. The first-order valence-corrected chi connectivity index (χ1v) is 8.99. The number of rotatable bonds is 15. The van der Waals surface area contributed by atoms with Crippen LogP contribution in [-0.4, -0.2) is 42.3 Å². The normalized spacial score (nSPS) is 11.5. The van der Waals surface area contributed by atoms with E-state index in [9.17, 15) is 4.79 Å². The molecule has 130 valence electrons. The zero-order valence-corrected chi connectivity index (χ0v) is 14.6. The quantitative estimate of drug-likeness (QED) is 0.277. The van der Waals surface area contributed by atoms with Gasteiger partial charge in [0.15, 0.2) is 0 Å². The van der Waals surface area contributed by atoms with Crippen LogP contribution in [0.5, 0.6) is 0 Å². The molecular weight excluding hydrogens is 276 g/mol. The van der Waals surface area contributed by atoms with Crippen LogP contribution in [0.4, 0.5) is 0 Å². The van der Waals surface area contributed by atoms with Crippen LogP contribution < -0.4 is 5.32 Å². The Morgan fingerprint density at radius 3 is 2.23 bits per heavy atom. The third kappa shape index (κ3) is 14.1. The van der Waals surface area contributed by atoms with E-state index in [-0.39, 0.29) is 5.91 Å². The molecule has 0 rings (SSSR count). The Bertz CT molecular complexity index is 280. The second-order valence-electron chi connectivity index (χ2n) is 5.75. The maximum atomic E-state index is 11.6. The summed E-state index contributed by atoms with van der Waals surface area (Å²) in [4.78, 5) is 13.9. The van der Waals surface area contributed by atoms with Crippen molar-refractivity contribution in [3.63, 3.8) is 0 Å². The molecule has 0 fully saturated rings. The number of hydrogen-bond acceptors (Lipinski definition) is 3. The predicted octanol–water partition coefficient (Wildman–Crippen LogP) is 3.46. The third-order valence-electron chi connectivity index (χ3n) is 3.79. The fourth-order valence-electron chi connectivity index (χ4n) is 2.31. The van der Waals surface area contributed by atoms with Crippen molar-refractivity contribution in [3.05, 3.63) is 12.2 Å². The number of nitrogens with zero attached hydrogens (tertiary/aromatic N) is 1. The molecular formula is C18H36N2O2. The summed E-state index contributed by atoms with van der Waals surface area (Å²) >= 11 is 0. The molecule has 0 radical (unpaired) electrons. The number of allylic oxidation sites excluding steroid dienone is 1. The lowest BCUT2D eigenvalue weighted by atomic mass is 10.1. The summed E-state index contributed by atoms with van der Waals surface area (Å²) in [5.74, 6) is 0.104. The summed E-state index contributed by atoms with van der Waals surface area (Å²) in [5.41, 5.74) is 0. The Balaban J connectivity index is 3.54. The van der Waals surface area contributed by atoms with Crippen LogP contribution in [0.1, 0.15) is 71.6 Å². The van der Waals surface area contributed by atoms with Crippen molar-refractivity contribution in [3.8, 4) is 0 Å². The van der Waals surface area contributed by atoms with Gasteiger partial charge in [-0.15, -0.1) is 0 Å². The summed E-state index contributed by atoms with van der Waals surface area (Å²) < 4.78 is 0. The van der Waals surface area contributed by atoms with Gasteiger partial charge in [-0.2, -0.15) is 0 Å². The van der Waals surface area contributed by atoms with Gasteiger partial charge in [0.2, 0.25) is 5.91 Å². The van der Waals surface area contributed by atoms with Gasteiger partial charge in [0.1, 0.15) is 0 Å². The predicted molar refractivity (Wildman–Crippen MR) is 93.7 cm³/mol. The van der Waals surface area contributed by atoms with E-state index in [2.05, 4.69) is 24.1 Å². The maximum Gasteiger partial charge on any atom is 0.224 e. The standard InChI is InChI=1S/C18H36N2O2/c1-3-5-11-14-18(22)19-17-20(4-2)15-12-9-7-6-8-10-13-16-21/h5,11,21H,3-4,6-10,12-17H2,1-2H3,(H,19,22)/b11-5+. The van der Waals surface area contributed by atoms with Gasteiger partial charge in [-0.25, -0.2) is 0 Å². The highest BCUT2D eigenvalue weighted by molar-refractivity contribution is 5.77. The van der Waals surface area contributed by atoms with E-state index >= 15 is 0 Å². The first-order chi connectivity index (χ1) is 10.7. The van der Waals surface area contributed by atoms with Crippen molar-refractivity contribution in [2.75, 3.05) is 26.4 Å². The van der Waals surface area contributed by atoms with E-state index < -0.39 is 0 Å². The SMILES string of the molecule is CC/C=C/CC(=O)NCN(CC)CCCCCCCCCO. The number of aliphatic hydroxyl groups excluding tert-OH is 1. The number of hydrogen-bond donors (Lipinski definition) is 2. The minimum Gasteiger partial charge on any atom is -0.396 e. The lowest BCUT2D eigenvalue weighted by Crippen LogP contribution is -2.37. The van der Waals surface area contributed by atoms with Crippen LogP contribution >= 0.6 is 0 Å². The maximum absolute atomic E-state index is 11.6. The monoisotopic (exact) mass is 312 g/mol. The fraction of sp³-hybridized carbons (Fsp3) is 0.833. The van der Waals surface area contributed by atoms with Gasteiger partial charge in [-0.05, 0) is 32.4 Å². The van der Waals surface area contributed by atoms with Crippen LogP contribution in [0, 0.1) is 0 Å². The summed E-state index contributed by atoms with van der Waals surface area (Å²) in [7, 11) is 0. The van der Waals surface area contributed by atoms with Gasteiger partial charge < -0.3 is 10.4 Å². The average molecular weight is 312 g/mol. The number of carbonyl (C=O) groups is 1. The highest BCUT2D eigenvalue weighted by Gasteiger charge is 2.04. The molecule has 0 spiro atoms. The highest BCUT2D eigenvalue weighted by Crippen LogP contribution is 2.07. The van der Waals surface area contributed by atoms with Gasteiger partial charge in [0.05, 0.1) is 6.67 Å². The summed E-state index contributed by atoms with van der Waals surface area (Å²) in [6.07, 6.45) is 13.7. The van der Waals surface area contributed by atoms with Gasteiger partial charge in [0, 0.05) is 13.0 Å². The summed E-state index contributed by atoms with van der Waals surface area (Å²) in [5, 5.41) is 11.7. The molecule has 2 N–H and O–H groups in total. The minimum atomic E-state index is 0.104. The Hall–Kier alpha value is -0.870. The van der Waals surface area contributed by atoms with Crippen molar-refractivity contribution in [2.24, 2.45) is 0 Å². The summed E-state index contributed by atoms with van der Waals surface area (Å²) in [6, 6.07) is 0. The van der Waals surface area contributed by atoms with E-state index in [0.717, 1.165) is 32.4 Å². The largest absolute Gasteiger partial charge is 0.396 e. The van der Waals surface area contributed by atoms with Crippen LogP contribution in [0.2, 0.25) is 0 Å². The lowest BCUT2D eigenvalue weighted by Gasteiger charge is -2.20. The highest BCUT2D eigenvalue weighted by atomic mass is 16.2. The first kappa shape index (κ1) is 21.1. The number of aliphatic hydroxyl groups is 1. The van der Waals surface area contributed by atoms with Gasteiger partial charge in [0.25, 0.3) is 0 Å². The van der Waals surface area contributed by atoms with Crippen molar-refractivity contribution in [1.29, 1.82) is 0 Å². The molecule has 0 aromatic rings. The molecule has 0 aliphatic carbocycles. The second-order valence-corrected chi connectivity index (χ2v) is 5.75. The number of unbranched alkanes of at least 4 members (excludes halogenated alkanes) is 6. The number of amides is 1. The molecule has 0 atom stereocenters. The molecule has 0 aromatic heterocycles. The molecule has 0 saturated carbocycles. The van der Waals surface area contributed by atoms with E-state index in [1.54, 1.807) is 0 Å². The topological polar surface area (TPSA) is 52.6 Å². The van der Waals surface area contributed by atoms with Crippen LogP contribution in [0.25, 0.3) is 0 Å². The van der Waals surface area contributed by atoms with Crippen molar-refractivity contribution in [2.45, 2.75) is 71.6 Å². The van der Waals surface area contributed by atoms with Crippen LogP contribution in [0.15, 0.2) is 12.2 Å². The Morgan fingerprint density at radius 1 is 1.00 bits per heavy atom. The molecule has 4 nitrogen and oxygen atoms in total. The summed E-state index contributed by atoms with van der Waals surface area (Å²) in [6.45, 7) is 7.22. The molecule has 0 aliphatic rings. The fourth-order valence-corrected chi connectivity index (χ4v) is 2.31. The van der Waals surface area contributed by atoms with Gasteiger partial charge >= 0.3 is 0 Å². The van der Waals surface area contributed by atoms with E-state index in [0.29, 0.717) is 19.7 Å². The van der Waals surface area contributed by atoms with E-state index in [4.69, 9.17) is 5.11 Å². The molecule has 22 heavy (non-hydrogen) atoms. The average Bonchev–Trinajstić information content (AvgIpc) is 2.53. The molecule has 0 unspecified atom stereocenters. The lowest BCUT2D eigenvalue weighted by molar-refractivity contribution is -0.120. The first-order valence-electron chi connectivity index (χ1n) is 8.99. The zero-order chi connectivity index (χ0) is 16.5. The van der Waals surface area contributed by atoms with Gasteiger partial charge in [-0.3, -0.25) is 9.69 Å². The molecule has 1 amide bonds. The van der Waals surface area contributed by atoms with E-state index in [1.807, 2.05) is 12.2 Å². The number of nitrogens with one attached hydrogen (secondary N) is 1. The smallest absolute Gasteiger partial charge is 0.224 e. The molecule has 0 aliphatic heterocycles. The van der Waals surface area contributed by atoms with E-state index in [1.165, 1.54) is 32.1 Å². The second kappa shape index (κ2) is 16.5. The third-order valence-corrected chi connectivity index (χ3v) is 3.79. The van der Waals surface area contributed by atoms with Crippen molar-refractivity contribution < 1.29 is 9.90 Å². The Morgan fingerprint density at radius 2 is 1.64 bits per heavy atom. The zero-order valence-electron chi connectivity index (χ0n) is 14.6. The van der Waals surface area contributed by atoms with Crippen LogP contribution in [0.3, 0.4) is 0 Å². The molecule has 4 heteroatoms. The van der Waals surface area contributed by atoms with Crippen molar-refractivity contribution in [1.82, 2.24) is 10.2 Å². The molecule has 0 aromatic carbocycles. The molecule has 0 saturated heterocycles. The van der Waals surface area contributed by atoms with Crippen LogP contribution in [-0.2, 0) is 4.79 Å². The Kier molecular flexibility index (Phi) is 15.8. The van der Waals surface area contributed by atoms with Crippen molar-refractivity contribution >= 4 is 5.91 Å². The van der Waals surface area contributed by atoms with Gasteiger partial charge in [-0.1, -0.05) is 58.1 Å². The Labute approximate surface area is 137 Å².